The van der Waals surface area contributed by atoms with E-state index in [1.807, 2.05) is 31.2 Å². The highest BCUT2D eigenvalue weighted by molar-refractivity contribution is 5.97. The summed E-state index contributed by atoms with van der Waals surface area (Å²) in [5.41, 5.74) is 9.92. The maximum Gasteiger partial charge on any atom is 0.276 e. The van der Waals surface area contributed by atoms with Crippen LogP contribution in [-0.2, 0) is 13.0 Å². The normalized spacial score (nSPS) is 10.6. The number of aromatic amines is 1. The number of amides is 1. The van der Waals surface area contributed by atoms with Gasteiger partial charge >= 0.3 is 0 Å². The van der Waals surface area contributed by atoms with Crippen molar-refractivity contribution in [2.75, 3.05) is 12.8 Å². The Hall–Kier alpha value is -2.30. The van der Waals surface area contributed by atoms with Crippen LogP contribution in [0.5, 0.6) is 0 Å². The molecule has 5 heteroatoms. The number of H-pyrrole nitrogens is 1. The molecule has 2 rings (SSSR count). The summed E-state index contributed by atoms with van der Waals surface area (Å²) in [5.74, 6) is -0.158. The van der Waals surface area contributed by atoms with Crippen LogP contribution in [0, 0.1) is 6.92 Å². The summed E-state index contributed by atoms with van der Waals surface area (Å²) in [5, 5.41) is 6.94. The molecule has 0 fully saturated rings. The molecule has 0 spiro atoms. The van der Waals surface area contributed by atoms with Crippen LogP contribution in [0.3, 0.4) is 0 Å². The third kappa shape index (κ3) is 3.24. The van der Waals surface area contributed by atoms with Crippen molar-refractivity contribution in [3.8, 4) is 0 Å². The molecule has 0 unspecified atom stereocenters. The Morgan fingerprint density at radius 2 is 2.10 bits per heavy atom. The average Bonchev–Trinajstić information content (AvgIpc) is 2.82. The zero-order valence-corrected chi connectivity index (χ0v) is 12.8. The minimum atomic E-state index is -0.158. The van der Waals surface area contributed by atoms with E-state index in [1.165, 1.54) is 5.56 Å². The van der Waals surface area contributed by atoms with E-state index in [2.05, 4.69) is 17.1 Å². The van der Waals surface area contributed by atoms with Gasteiger partial charge in [0, 0.05) is 13.6 Å². The van der Waals surface area contributed by atoms with Crippen molar-refractivity contribution in [2.45, 2.75) is 33.2 Å². The molecule has 0 aliphatic rings. The van der Waals surface area contributed by atoms with Gasteiger partial charge in [0.1, 0.15) is 0 Å². The number of hydrogen-bond acceptors (Lipinski definition) is 3. The fourth-order valence-electron chi connectivity index (χ4n) is 2.29. The highest BCUT2D eigenvalue weighted by Gasteiger charge is 2.20. The molecule has 21 heavy (non-hydrogen) atoms. The fraction of sp³-hybridized carbons (Fsp3) is 0.375. The molecule has 0 radical (unpaired) electrons. The van der Waals surface area contributed by atoms with Gasteiger partial charge in [0.25, 0.3) is 5.91 Å². The maximum atomic E-state index is 12.5. The van der Waals surface area contributed by atoms with Crippen LogP contribution >= 0.6 is 0 Å². The smallest absolute Gasteiger partial charge is 0.276 e. The number of carbonyl (C=O) groups is 1. The lowest BCUT2D eigenvalue weighted by atomic mass is 10.1. The van der Waals surface area contributed by atoms with Gasteiger partial charge in [-0.15, -0.1) is 0 Å². The fourth-order valence-corrected chi connectivity index (χ4v) is 2.29. The Balaban J connectivity index is 2.14. The molecule has 2 aromatic rings. The Morgan fingerprint density at radius 1 is 1.38 bits per heavy atom. The van der Waals surface area contributed by atoms with Crippen molar-refractivity contribution >= 4 is 11.6 Å². The number of aromatic nitrogens is 2. The van der Waals surface area contributed by atoms with Gasteiger partial charge in [-0.05, 0) is 24.5 Å². The maximum absolute atomic E-state index is 12.5. The third-order valence-electron chi connectivity index (χ3n) is 3.60. The number of nitrogens with two attached hydrogens (primary N) is 1. The van der Waals surface area contributed by atoms with Crippen LogP contribution in [0.15, 0.2) is 24.3 Å². The van der Waals surface area contributed by atoms with Gasteiger partial charge in [-0.2, -0.15) is 5.10 Å². The summed E-state index contributed by atoms with van der Waals surface area (Å²) in [6.07, 6.45) is 1.76. The quantitative estimate of drug-likeness (QED) is 0.887. The van der Waals surface area contributed by atoms with Crippen molar-refractivity contribution in [3.63, 3.8) is 0 Å². The Bertz CT molecular complexity index is 633. The van der Waals surface area contributed by atoms with Crippen LogP contribution in [0.1, 0.15) is 40.7 Å². The summed E-state index contributed by atoms with van der Waals surface area (Å²) in [6, 6.07) is 8.03. The number of anilines is 1. The molecule has 0 aliphatic carbocycles. The molecule has 1 aromatic heterocycles. The van der Waals surface area contributed by atoms with Gasteiger partial charge < -0.3 is 10.6 Å². The predicted octanol–water partition coefficient (Wildman–Crippen LogP) is 2.53. The molecule has 0 saturated carbocycles. The van der Waals surface area contributed by atoms with Gasteiger partial charge in [0.05, 0.1) is 11.4 Å². The number of rotatable bonds is 5. The summed E-state index contributed by atoms with van der Waals surface area (Å²) in [4.78, 5) is 14.1. The molecule has 112 valence electrons. The zero-order valence-electron chi connectivity index (χ0n) is 12.8. The minimum Gasteiger partial charge on any atom is -0.395 e. The van der Waals surface area contributed by atoms with Crippen molar-refractivity contribution in [3.05, 3.63) is 46.8 Å². The van der Waals surface area contributed by atoms with Gasteiger partial charge in [0.15, 0.2) is 5.69 Å². The first-order chi connectivity index (χ1) is 10.0. The van der Waals surface area contributed by atoms with Gasteiger partial charge in [-0.25, -0.2) is 0 Å². The molecule has 1 aromatic carbocycles. The number of hydrogen-bond donors (Lipinski definition) is 2. The molecule has 1 amide bonds. The van der Waals surface area contributed by atoms with E-state index in [0.717, 1.165) is 24.1 Å². The highest BCUT2D eigenvalue weighted by atomic mass is 16.2. The van der Waals surface area contributed by atoms with Crippen LogP contribution in [0.4, 0.5) is 5.69 Å². The summed E-state index contributed by atoms with van der Waals surface area (Å²) in [7, 11) is 1.77. The van der Waals surface area contributed by atoms with Crippen LogP contribution in [0.2, 0.25) is 0 Å². The zero-order chi connectivity index (χ0) is 15.4. The highest BCUT2D eigenvalue weighted by Crippen LogP contribution is 2.18. The average molecular weight is 286 g/mol. The number of benzene rings is 1. The van der Waals surface area contributed by atoms with Gasteiger partial charge in [-0.1, -0.05) is 37.6 Å². The lowest BCUT2D eigenvalue weighted by Crippen LogP contribution is -2.27. The van der Waals surface area contributed by atoms with Crippen LogP contribution < -0.4 is 5.73 Å². The van der Waals surface area contributed by atoms with E-state index in [1.54, 1.807) is 11.9 Å². The van der Waals surface area contributed by atoms with E-state index in [-0.39, 0.29) is 5.91 Å². The monoisotopic (exact) mass is 286 g/mol. The second-order valence-electron chi connectivity index (χ2n) is 5.30. The van der Waals surface area contributed by atoms with Gasteiger partial charge in [0.2, 0.25) is 0 Å². The van der Waals surface area contributed by atoms with Crippen molar-refractivity contribution < 1.29 is 4.79 Å². The first-order valence-electron chi connectivity index (χ1n) is 7.17. The number of nitrogens with zero attached hydrogens (tertiary/aromatic N) is 2. The lowest BCUT2D eigenvalue weighted by molar-refractivity contribution is 0.0780. The summed E-state index contributed by atoms with van der Waals surface area (Å²) < 4.78 is 0. The van der Waals surface area contributed by atoms with E-state index in [4.69, 9.17) is 5.73 Å². The van der Waals surface area contributed by atoms with E-state index < -0.39 is 0 Å². The summed E-state index contributed by atoms with van der Waals surface area (Å²) in [6.45, 7) is 4.64. The Labute approximate surface area is 125 Å². The molecule has 0 atom stereocenters. The molecule has 1 heterocycles. The first kappa shape index (κ1) is 15.1. The Morgan fingerprint density at radius 3 is 2.76 bits per heavy atom. The second-order valence-corrected chi connectivity index (χ2v) is 5.30. The molecule has 0 bridgehead atoms. The molecule has 3 N–H and O–H groups in total. The molecular weight excluding hydrogens is 264 g/mol. The van der Waals surface area contributed by atoms with Gasteiger partial charge in [-0.3, -0.25) is 9.89 Å². The summed E-state index contributed by atoms with van der Waals surface area (Å²) >= 11 is 0. The molecule has 0 aliphatic heterocycles. The minimum absolute atomic E-state index is 0.158. The first-order valence-corrected chi connectivity index (χ1v) is 7.17. The topological polar surface area (TPSA) is 75.0 Å². The van der Waals surface area contributed by atoms with E-state index >= 15 is 0 Å². The number of nitrogen functional groups attached to an aromatic ring is 1. The van der Waals surface area contributed by atoms with Crippen molar-refractivity contribution in [2.24, 2.45) is 0 Å². The number of aryl methyl sites for hydroxylation is 2. The van der Waals surface area contributed by atoms with E-state index in [9.17, 15) is 4.79 Å². The largest absolute Gasteiger partial charge is 0.395 e. The molecule has 5 nitrogen and oxygen atoms in total. The predicted molar refractivity (Wildman–Crippen MR) is 84.0 cm³/mol. The van der Waals surface area contributed by atoms with E-state index in [0.29, 0.717) is 17.9 Å². The number of nitrogens with one attached hydrogen (secondary N) is 1. The van der Waals surface area contributed by atoms with Crippen molar-refractivity contribution in [1.29, 1.82) is 0 Å². The Kier molecular flexibility index (Phi) is 4.62. The van der Waals surface area contributed by atoms with Crippen LogP contribution in [0.25, 0.3) is 0 Å². The third-order valence-corrected chi connectivity index (χ3v) is 3.60. The SMILES string of the molecule is CCCc1[nH]nc(C(=O)N(C)Cc2ccccc2C)c1N. The molecule has 0 saturated heterocycles. The lowest BCUT2D eigenvalue weighted by Gasteiger charge is -2.17. The van der Waals surface area contributed by atoms with Crippen LogP contribution in [-0.4, -0.2) is 28.1 Å². The second kappa shape index (κ2) is 6.43. The molecular formula is C16H22N4O. The van der Waals surface area contributed by atoms with Crippen molar-refractivity contribution in [1.82, 2.24) is 15.1 Å². The standard InChI is InChI=1S/C16H22N4O/c1-4-7-13-14(17)15(19-18-13)16(21)20(3)10-12-9-6-5-8-11(12)2/h5-6,8-9H,4,7,10,17H2,1-3H3,(H,18,19). The number of carbonyl (C=O) groups excluding carboxylic acids is 1.